The number of fused-ring (bicyclic) bond motifs is 1. The third kappa shape index (κ3) is 3.59. The van der Waals surface area contributed by atoms with Crippen LogP contribution in [-0.4, -0.2) is 17.7 Å². The van der Waals surface area contributed by atoms with Crippen molar-refractivity contribution in [2.24, 2.45) is 0 Å². The summed E-state index contributed by atoms with van der Waals surface area (Å²) in [5, 5.41) is 3.04. The maximum Gasteiger partial charge on any atom is 0.287 e. The van der Waals surface area contributed by atoms with Gasteiger partial charge in [0.05, 0.1) is 5.56 Å². The van der Waals surface area contributed by atoms with Crippen LogP contribution < -0.4 is 5.32 Å². The fourth-order valence-corrected chi connectivity index (χ4v) is 3.98. The Hall–Kier alpha value is -2.36. The second-order valence-corrected chi connectivity index (χ2v) is 7.96. The van der Waals surface area contributed by atoms with Crippen LogP contribution in [0.15, 0.2) is 34.7 Å². The molecular weight excluding hydrogens is 326 g/mol. The lowest BCUT2D eigenvalue weighted by Crippen LogP contribution is -2.37. The Morgan fingerprint density at radius 1 is 1.23 bits per heavy atom. The molecule has 1 aliphatic rings. The molecule has 3 rings (SSSR count). The van der Waals surface area contributed by atoms with Gasteiger partial charge in [-0.1, -0.05) is 44.2 Å². The summed E-state index contributed by atoms with van der Waals surface area (Å²) >= 11 is 0. The molecule has 0 saturated heterocycles. The fraction of sp³-hybridized carbons (Fsp3) is 0.455. The van der Waals surface area contributed by atoms with E-state index in [1.165, 1.54) is 5.56 Å². The van der Waals surface area contributed by atoms with Crippen LogP contribution in [0.4, 0.5) is 0 Å². The zero-order valence-electron chi connectivity index (χ0n) is 16.0. The number of Topliss-reactive ketones (excluding diaryl/α,β-unsaturated/α-hetero) is 1. The summed E-state index contributed by atoms with van der Waals surface area (Å²) in [5.41, 5.74) is 2.49. The maximum atomic E-state index is 12.7. The number of ketones is 1. The standard InChI is InChI=1S/C22H27NO3/c1-14(13-22(3,4)16-9-6-5-7-10-16)23-21(25)20-15(2)19-17(24)11-8-12-18(19)26-20/h5-7,9-10,14H,8,11-13H2,1-4H3,(H,23,25). The van der Waals surface area contributed by atoms with Crippen molar-refractivity contribution in [2.45, 2.75) is 64.8 Å². The third-order valence-electron chi connectivity index (χ3n) is 5.26. The number of rotatable bonds is 5. The van der Waals surface area contributed by atoms with Gasteiger partial charge < -0.3 is 9.73 Å². The fourth-order valence-electron chi connectivity index (χ4n) is 3.98. The van der Waals surface area contributed by atoms with E-state index < -0.39 is 0 Å². The molecule has 0 bridgehead atoms. The molecule has 1 unspecified atom stereocenters. The van der Waals surface area contributed by atoms with E-state index in [1.807, 2.05) is 25.1 Å². The monoisotopic (exact) mass is 353 g/mol. The van der Waals surface area contributed by atoms with Crippen molar-refractivity contribution in [3.8, 4) is 0 Å². The lowest BCUT2D eigenvalue weighted by molar-refractivity contribution is 0.0901. The van der Waals surface area contributed by atoms with Crippen LogP contribution in [0.1, 0.15) is 77.8 Å². The Labute approximate surface area is 155 Å². The van der Waals surface area contributed by atoms with E-state index in [1.54, 1.807) is 6.92 Å². The van der Waals surface area contributed by atoms with Crippen molar-refractivity contribution in [3.63, 3.8) is 0 Å². The molecular formula is C22H27NO3. The predicted octanol–water partition coefficient (Wildman–Crippen LogP) is 4.59. The third-order valence-corrected chi connectivity index (χ3v) is 5.26. The van der Waals surface area contributed by atoms with E-state index in [0.29, 0.717) is 23.3 Å². The van der Waals surface area contributed by atoms with E-state index >= 15 is 0 Å². The van der Waals surface area contributed by atoms with Gasteiger partial charge in [0.1, 0.15) is 5.76 Å². The molecule has 26 heavy (non-hydrogen) atoms. The van der Waals surface area contributed by atoms with Crippen LogP contribution in [0.2, 0.25) is 0 Å². The Kier molecular flexibility index (Phi) is 5.03. The number of hydrogen-bond acceptors (Lipinski definition) is 3. The van der Waals surface area contributed by atoms with Gasteiger partial charge in [-0.25, -0.2) is 0 Å². The minimum absolute atomic E-state index is 0.0186. The van der Waals surface area contributed by atoms with Gasteiger partial charge in [0, 0.05) is 24.4 Å². The minimum atomic E-state index is -0.235. The second kappa shape index (κ2) is 7.10. The lowest BCUT2D eigenvalue weighted by atomic mass is 9.79. The number of amides is 1. The first kappa shape index (κ1) is 18.4. The number of carbonyl (C=O) groups excluding carboxylic acids is 2. The highest BCUT2D eigenvalue weighted by Gasteiger charge is 2.30. The molecule has 4 heteroatoms. The van der Waals surface area contributed by atoms with Gasteiger partial charge >= 0.3 is 0 Å². The quantitative estimate of drug-likeness (QED) is 0.855. The molecule has 2 aromatic rings. The number of carbonyl (C=O) groups is 2. The summed E-state index contributed by atoms with van der Waals surface area (Å²) in [6.45, 7) is 8.17. The van der Waals surface area contributed by atoms with Crippen LogP contribution in [0, 0.1) is 6.92 Å². The van der Waals surface area contributed by atoms with Crippen molar-refractivity contribution in [2.75, 3.05) is 0 Å². The molecule has 4 nitrogen and oxygen atoms in total. The smallest absolute Gasteiger partial charge is 0.287 e. The molecule has 0 fully saturated rings. The Morgan fingerprint density at radius 3 is 2.58 bits per heavy atom. The van der Waals surface area contributed by atoms with E-state index in [2.05, 4.69) is 31.3 Å². The molecule has 1 aromatic carbocycles. The summed E-state index contributed by atoms with van der Waals surface area (Å²) in [6, 6.07) is 10.3. The molecule has 1 N–H and O–H groups in total. The Bertz CT molecular complexity index is 817. The number of hydrogen-bond donors (Lipinski definition) is 1. The second-order valence-electron chi connectivity index (χ2n) is 7.96. The van der Waals surface area contributed by atoms with Crippen molar-refractivity contribution in [1.29, 1.82) is 0 Å². The molecule has 1 heterocycles. The SMILES string of the molecule is Cc1c(C(=O)NC(C)CC(C)(C)c2ccccc2)oc2c1C(=O)CCC2. The first-order valence-corrected chi connectivity index (χ1v) is 9.31. The van der Waals surface area contributed by atoms with Crippen molar-refractivity contribution in [3.05, 3.63) is 58.5 Å². The Balaban J connectivity index is 1.71. The van der Waals surface area contributed by atoms with Gasteiger partial charge in [-0.15, -0.1) is 0 Å². The highest BCUT2D eigenvalue weighted by atomic mass is 16.4. The van der Waals surface area contributed by atoms with Crippen molar-refractivity contribution in [1.82, 2.24) is 5.32 Å². The minimum Gasteiger partial charge on any atom is -0.455 e. The molecule has 1 aliphatic carbocycles. The summed E-state index contributed by atoms with van der Waals surface area (Å²) in [6.07, 6.45) is 2.87. The molecule has 0 spiro atoms. The molecule has 1 amide bonds. The number of benzene rings is 1. The highest BCUT2D eigenvalue weighted by Crippen LogP contribution is 2.30. The Morgan fingerprint density at radius 2 is 1.92 bits per heavy atom. The average molecular weight is 353 g/mol. The summed E-state index contributed by atoms with van der Waals surface area (Å²) in [4.78, 5) is 24.8. The number of furan rings is 1. The van der Waals surface area contributed by atoms with Crippen LogP contribution >= 0.6 is 0 Å². The van der Waals surface area contributed by atoms with Crippen molar-refractivity contribution >= 4 is 11.7 Å². The van der Waals surface area contributed by atoms with Gasteiger partial charge in [-0.05, 0) is 37.7 Å². The summed E-state index contributed by atoms with van der Waals surface area (Å²) in [5.74, 6) is 0.807. The molecule has 138 valence electrons. The predicted molar refractivity (Wildman–Crippen MR) is 102 cm³/mol. The van der Waals surface area contributed by atoms with Crippen molar-refractivity contribution < 1.29 is 14.0 Å². The van der Waals surface area contributed by atoms with E-state index in [4.69, 9.17) is 4.42 Å². The molecule has 1 aromatic heterocycles. The first-order valence-electron chi connectivity index (χ1n) is 9.31. The van der Waals surface area contributed by atoms with Crippen LogP contribution in [0.25, 0.3) is 0 Å². The molecule has 1 atom stereocenters. The summed E-state index contributed by atoms with van der Waals surface area (Å²) < 4.78 is 5.75. The molecule has 0 radical (unpaired) electrons. The summed E-state index contributed by atoms with van der Waals surface area (Å²) in [7, 11) is 0. The van der Waals surface area contributed by atoms with Crippen LogP contribution in [-0.2, 0) is 11.8 Å². The largest absolute Gasteiger partial charge is 0.455 e. The first-order chi connectivity index (χ1) is 12.3. The topological polar surface area (TPSA) is 59.3 Å². The van der Waals surface area contributed by atoms with Gasteiger partial charge in [0.15, 0.2) is 11.5 Å². The highest BCUT2D eigenvalue weighted by molar-refractivity contribution is 6.03. The van der Waals surface area contributed by atoms with Gasteiger partial charge in [-0.3, -0.25) is 9.59 Å². The zero-order chi connectivity index (χ0) is 18.9. The van der Waals surface area contributed by atoms with E-state index in [-0.39, 0.29) is 28.9 Å². The molecule has 0 aliphatic heterocycles. The van der Waals surface area contributed by atoms with Gasteiger partial charge in [-0.2, -0.15) is 0 Å². The maximum absolute atomic E-state index is 12.7. The van der Waals surface area contributed by atoms with Crippen LogP contribution in [0.5, 0.6) is 0 Å². The van der Waals surface area contributed by atoms with Gasteiger partial charge in [0.25, 0.3) is 5.91 Å². The van der Waals surface area contributed by atoms with E-state index in [0.717, 1.165) is 19.3 Å². The average Bonchev–Trinajstić information content (AvgIpc) is 2.93. The number of aryl methyl sites for hydroxylation is 1. The lowest BCUT2D eigenvalue weighted by Gasteiger charge is -2.29. The van der Waals surface area contributed by atoms with Gasteiger partial charge in [0.2, 0.25) is 0 Å². The van der Waals surface area contributed by atoms with Crippen LogP contribution in [0.3, 0.4) is 0 Å². The normalized spacial score (nSPS) is 15.5. The number of nitrogens with one attached hydrogen (secondary N) is 1. The zero-order valence-corrected chi connectivity index (χ0v) is 16.0. The molecule has 0 saturated carbocycles. The van der Waals surface area contributed by atoms with E-state index in [9.17, 15) is 9.59 Å².